The Hall–Kier alpha value is -2.31. The second-order valence-corrected chi connectivity index (χ2v) is 9.04. The summed E-state index contributed by atoms with van der Waals surface area (Å²) in [6.07, 6.45) is 2.45. The number of carbonyl (C=O) groups is 1. The van der Waals surface area contributed by atoms with E-state index < -0.39 is 0 Å². The van der Waals surface area contributed by atoms with E-state index in [1.165, 1.54) is 18.4 Å². The van der Waals surface area contributed by atoms with Crippen LogP contribution in [0.2, 0.25) is 5.02 Å². The van der Waals surface area contributed by atoms with Crippen molar-refractivity contribution in [3.8, 4) is 0 Å². The van der Waals surface area contributed by atoms with E-state index in [0.717, 1.165) is 15.5 Å². The summed E-state index contributed by atoms with van der Waals surface area (Å²) in [7, 11) is 1.62. The molecule has 1 atom stereocenters. The molecular weight excluding hydrogens is 452 g/mol. The minimum atomic E-state index is -0.0883. The van der Waals surface area contributed by atoms with Crippen LogP contribution >= 0.6 is 23.5 Å². The van der Waals surface area contributed by atoms with E-state index in [1.54, 1.807) is 19.1 Å². The van der Waals surface area contributed by atoms with Crippen LogP contribution in [0.5, 0.6) is 0 Å². The number of rotatable bonds is 10. The van der Waals surface area contributed by atoms with Gasteiger partial charge in [-0.2, -0.15) is 0 Å². The zero-order valence-corrected chi connectivity index (χ0v) is 21.1. The highest BCUT2D eigenvalue weighted by Gasteiger charge is 2.09. The lowest BCUT2D eigenvalue weighted by Crippen LogP contribution is -2.35. The zero-order chi connectivity index (χ0) is 23.9. The first kappa shape index (κ1) is 26.9. The molecule has 4 nitrogen and oxygen atoms in total. The summed E-state index contributed by atoms with van der Waals surface area (Å²) in [5.41, 5.74) is 3.20. The summed E-state index contributed by atoms with van der Waals surface area (Å²) < 4.78 is 8.31. The SMILES string of the molecule is CCCc1ccccc1.COCC(C)NC(=O)c1ccc(CNSc2ccc(Cl)cc2)cc1. The van der Waals surface area contributed by atoms with E-state index >= 15 is 0 Å². The van der Waals surface area contributed by atoms with Gasteiger partial charge in [0.25, 0.3) is 5.91 Å². The van der Waals surface area contributed by atoms with Crippen LogP contribution in [0, 0.1) is 0 Å². The molecule has 0 spiro atoms. The molecular formula is C27H33ClN2O2S. The lowest BCUT2D eigenvalue weighted by molar-refractivity contribution is 0.0905. The lowest BCUT2D eigenvalue weighted by Gasteiger charge is -2.13. The Balaban J connectivity index is 0.000000357. The van der Waals surface area contributed by atoms with Gasteiger partial charge in [-0.05, 0) is 72.8 Å². The van der Waals surface area contributed by atoms with Gasteiger partial charge in [0.2, 0.25) is 0 Å². The van der Waals surface area contributed by atoms with Gasteiger partial charge in [0.15, 0.2) is 0 Å². The standard InChI is InChI=1S/C18H21ClN2O2S.C9H12/c1-13(12-23-2)21-18(22)15-5-3-14(4-6-15)11-20-24-17-9-7-16(19)8-10-17;1-2-6-9-7-4-3-5-8-9/h3-10,13,20H,11-12H2,1-2H3,(H,21,22);3-5,7-8H,2,6H2,1H3. The largest absolute Gasteiger partial charge is 0.383 e. The number of nitrogens with one attached hydrogen (secondary N) is 2. The number of benzene rings is 3. The molecule has 0 fully saturated rings. The van der Waals surface area contributed by atoms with Gasteiger partial charge in [-0.25, -0.2) is 0 Å². The summed E-state index contributed by atoms with van der Waals surface area (Å²) in [5.74, 6) is -0.0883. The average Bonchev–Trinajstić information content (AvgIpc) is 2.82. The monoisotopic (exact) mass is 484 g/mol. The average molecular weight is 485 g/mol. The quantitative estimate of drug-likeness (QED) is 0.321. The number of halogens is 1. The van der Waals surface area contributed by atoms with Crippen LogP contribution in [0.4, 0.5) is 0 Å². The second kappa shape index (κ2) is 15.5. The lowest BCUT2D eigenvalue weighted by atomic mass is 10.1. The van der Waals surface area contributed by atoms with Crippen molar-refractivity contribution in [3.63, 3.8) is 0 Å². The van der Waals surface area contributed by atoms with Crippen molar-refractivity contribution in [2.75, 3.05) is 13.7 Å². The fourth-order valence-corrected chi connectivity index (χ4v) is 3.82. The molecule has 0 aliphatic rings. The number of methoxy groups -OCH3 is 1. The van der Waals surface area contributed by atoms with Crippen molar-refractivity contribution in [1.82, 2.24) is 10.0 Å². The van der Waals surface area contributed by atoms with Gasteiger partial charge in [0.05, 0.1) is 6.61 Å². The minimum absolute atomic E-state index is 0.0142. The number of hydrogen-bond donors (Lipinski definition) is 2. The molecule has 176 valence electrons. The molecule has 1 unspecified atom stereocenters. The molecule has 0 aliphatic carbocycles. The van der Waals surface area contributed by atoms with E-state index in [2.05, 4.69) is 47.3 Å². The van der Waals surface area contributed by atoms with E-state index in [0.29, 0.717) is 18.7 Å². The van der Waals surface area contributed by atoms with Crippen molar-refractivity contribution < 1.29 is 9.53 Å². The van der Waals surface area contributed by atoms with Gasteiger partial charge < -0.3 is 10.1 Å². The number of carbonyl (C=O) groups excluding carboxylic acids is 1. The molecule has 2 N–H and O–H groups in total. The van der Waals surface area contributed by atoms with Gasteiger partial charge in [-0.3, -0.25) is 9.52 Å². The number of aryl methyl sites for hydroxylation is 1. The van der Waals surface area contributed by atoms with Crippen LogP contribution in [0.1, 0.15) is 41.8 Å². The third-order valence-electron chi connectivity index (χ3n) is 4.67. The maximum atomic E-state index is 12.1. The predicted molar refractivity (Wildman–Crippen MR) is 140 cm³/mol. The molecule has 0 aromatic heterocycles. The first-order valence-electron chi connectivity index (χ1n) is 11.1. The van der Waals surface area contributed by atoms with Crippen molar-refractivity contribution in [1.29, 1.82) is 0 Å². The summed E-state index contributed by atoms with van der Waals surface area (Å²) in [6, 6.07) is 25.8. The Kier molecular flexibility index (Phi) is 12.7. The topological polar surface area (TPSA) is 50.4 Å². The fourth-order valence-electron chi connectivity index (χ4n) is 3.01. The number of ether oxygens (including phenoxy) is 1. The minimum Gasteiger partial charge on any atom is -0.383 e. The Bertz CT molecular complexity index is 935. The Labute approximate surface area is 207 Å². The highest BCUT2D eigenvalue weighted by atomic mass is 35.5. The van der Waals surface area contributed by atoms with Crippen LogP contribution < -0.4 is 10.0 Å². The molecule has 0 bridgehead atoms. The van der Waals surface area contributed by atoms with Gasteiger partial charge in [0, 0.05) is 35.2 Å². The van der Waals surface area contributed by atoms with E-state index in [9.17, 15) is 4.79 Å². The van der Waals surface area contributed by atoms with Crippen LogP contribution in [-0.2, 0) is 17.7 Å². The summed E-state index contributed by atoms with van der Waals surface area (Å²) in [6.45, 7) is 5.31. The van der Waals surface area contributed by atoms with E-state index in [1.807, 2.05) is 55.5 Å². The number of amides is 1. The van der Waals surface area contributed by atoms with Crippen molar-refractivity contribution in [2.24, 2.45) is 0 Å². The molecule has 3 aromatic carbocycles. The van der Waals surface area contributed by atoms with E-state index in [4.69, 9.17) is 16.3 Å². The molecule has 0 aliphatic heterocycles. The first-order chi connectivity index (χ1) is 16.0. The molecule has 0 saturated heterocycles. The normalized spacial score (nSPS) is 11.3. The molecule has 3 aromatic rings. The van der Waals surface area contributed by atoms with Gasteiger partial charge in [-0.15, -0.1) is 0 Å². The maximum absolute atomic E-state index is 12.1. The Morgan fingerprint density at radius 2 is 1.64 bits per heavy atom. The third-order valence-corrected chi connectivity index (χ3v) is 5.72. The zero-order valence-electron chi connectivity index (χ0n) is 19.5. The predicted octanol–water partition coefficient (Wildman–Crippen LogP) is 6.54. The Morgan fingerprint density at radius 1 is 0.970 bits per heavy atom. The van der Waals surface area contributed by atoms with Gasteiger partial charge in [-0.1, -0.05) is 67.4 Å². The molecule has 1 amide bonds. The van der Waals surface area contributed by atoms with Crippen LogP contribution in [-0.4, -0.2) is 25.7 Å². The molecule has 0 saturated carbocycles. The smallest absolute Gasteiger partial charge is 0.251 e. The number of hydrogen-bond acceptors (Lipinski definition) is 4. The van der Waals surface area contributed by atoms with Gasteiger partial charge >= 0.3 is 0 Å². The molecule has 33 heavy (non-hydrogen) atoms. The molecule has 0 heterocycles. The van der Waals surface area contributed by atoms with Crippen LogP contribution in [0.3, 0.4) is 0 Å². The van der Waals surface area contributed by atoms with Crippen molar-refractivity contribution >= 4 is 29.5 Å². The van der Waals surface area contributed by atoms with Gasteiger partial charge in [0.1, 0.15) is 0 Å². The molecule has 6 heteroatoms. The molecule has 0 radical (unpaired) electrons. The highest BCUT2D eigenvalue weighted by molar-refractivity contribution is 7.97. The highest BCUT2D eigenvalue weighted by Crippen LogP contribution is 2.18. The third kappa shape index (κ3) is 10.9. The summed E-state index contributed by atoms with van der Waals surface area (Å²) in [4.78, 5) is 13.2. The first-order valence-corrected chi connectivity index (χ1v) is 12.3. The maximum Gasteiger partial charge on any atom is 0.251 e. The van der Waals surface area contributed by atoms with Crippen molar-refractivity contribution in [3.05, 3.63) is 101 Å². The van der Waals surface area contributed by atoms with Crippen LogP contribution in [0.25, 0.3) is 0 Å². The fraction of sp³-hybridized carbons (Fsp3) is 0.296. The second-order valence-electron chi connectivity index (χ2n) is 7.64. The summed E-state index contributed by atoms with van der Waals surface area (Å²) in [5, 5.41) is 3.62. The van der Waals surface area contributed by atoms with E-state index in [-0.39, 0.29) is 11.9 Å². The van der Waals surface area contributed by atoms with Crippen LogP contribution in [0.15, 0.2) is 83.8 Å². The molecule has 3 rings (SSSR count). The van der Waals surface area contributed by atoms with Crippen molar-refractivity contribution in [2.45, 2.75) is 44.2 Å². The Morgan fingerprint density at radius 3 is 2.24 bits per heavy atom. The summed E-state index contributed by atoms with van der Waals surface area (Å²) >= 11 is 7.41.